The molecule has 1 aliphatic rings. The molecule has 0 fully saturated rings. The molecule has 1 aromatic heterocycles. The van der Waals surface area contributed by atoms with Crippen LogP contribution in [0.1, 0.15) is 5.69 Å². The molecule has 0 saturated heterocycles. The number of nitrogens with zero attached hydrogens (tertiary/aromatic N) is 2. The van der Waals surface area contributed by atoms with Crippen LogP contribution in [0.15, 0.2) is 42.8 Å². The molecule has 0 atom stereocenters. The van der Waals surface area contributed by atoms with Gasteiger partial charge in [0.05, 0.1) is 11.9 Å². The number of rotatable bonds is 1. The van der Waals surface area contributed by atoms with E-state index in [0.717, 1.165) is 17.9 Å². The molecule has 13 heavy (non-hydrogen) atoms. The van der Waals surface area contributed by atoms with E-state index in [-0.39, 0.29) is 0 Å². The van der Waals surface area contributed by atoms with Crippen LogP contribution in [0.25, 0.3) is 0 Å². The molecule has 0 radical (unpaired) electrons. The fraction of sp³-hybridized carbons (Fsp3) is 0.182. The van der Waals surface area contributed by atoms with Crippen LogP contribution in [0.3, 0.4) is 0 Å². The Morgan fingerprint density at radius 1 is 1.31 bits per heavy atom. The van der Waals surface area contributed by atoms with Crippen LogP contribution in [0, 0.1) is 6.92 Å². The molecule has 1 aromatic rings. The van der Waals surface area contributed by atoms with Crippen molar-refractivity contribution in [1.29, 1.82) is 0 Å². The van der Waals surface area contributed by atoms with Gasteiger partial charge in [-0.1, -0.05) is 12.2 Å². The Morgan fingerprint density at radius 3 is 2.85 bits per heavy atom. The summed E-state index contributed by atoms with van der Waals surface area (Å²) in [5, 5.41) is 0. The van der Waals surface area contributed by atoms with Gasteiger partial charge < -0.3 is 4.90 Å². The molecule has 0 aliphatic carbocycles. The number of allylic oxidation sites excluding steroid dienone is 2. The molecule has 0 saturated carbocycles. The highest BCUT2D eigenvalue weighted by atomic mass is 15.1. The second kappa shape index (κ2) is 3.44. The van der Waals surface area contributed by atoms with Gasteiger partial charge in [-0.25, -0.2) is 0 Å². The Balaban J connectivity index is 2.21. The van der Waals surface area contributed by atoms with Gasteiger partial charge >= 0.3 is 0 Å². The van der Waals surface area contributed by atoms with Gasteiger partial charge in [-0.05, 0) is 25.1 Å². The van der Waals surface area contributed by atoms with Crippen molar-refractivity contribution in [3.8, 4) is 0 Å². The average Bonchev–Trinajstić information content (AvgIpc) is 2.20. The summed E-state index contributed by atoms with van der Waals surface area (Å²) in [5.74, 6) is 0. The number of pyridine rings is 1. The molecular weight excluding hydrogens is 160 g/mol. The summed E-state index contributed by atoms with van der Waals surface area (Å²) < 4.78 is 0. The van der Waals surface area contributed by atoms with Crippen molar-refractivity contribution in [3.05, 3.63) is 48.5 Å². The van der Waals surface area contributed by atoms with E-state index in [4.69, 9.17) is 0 Å². The van der Waals surface area contributed by atoms with Crippen LogP contribution in [-0.2, 0) is 0 Å². The van der Waals surface area contributed by atoms with Gasteiger partial charge in [0.15, 0.2) is 0 Å². The molecule has 1 aliphatic heterocycles. The largest absolute Gasteiger partial charge is 0.343 e. The molecule has 0 aromatic carbocycles. The van der Waals surface area contributed by atoms with Crippen LogP contribution in [0.5, 0.6) is 0 Å². The van der Waals surface area contributed by atoms with Gasteiger partial charge in [0.2, 0.25) is 0 Å². The predicted molar refractivity (Wildman–Crippen MR) is 54.6 cm³/mol. The Hall–Kier alpha value is -1.57. The van der Waals surface area contributed by atoms with Gasteiger partial charge in [0.1, 0.15) is 0 Å². The average molecular weight is 172 g/mol. The minimum absolute atomic E-state index is 0.932. The maximum absolute atomic E-state index is 4.25. The van der Waals surface area contributed by atoms with Crippen LogP contribution in [0.4, 0.5) is 5.69 Å². The van der Waals surface area contributed by atoms with E-state index in [1.54, 1.807) is 0 Å². The van der Waals surface area contributed by atoms with Crippen LogP contribution in [0.2, 0.25) is 0 Å². The first-order valence-electron chi connectivity index (χ1n) is 4.39. The topological polar surface area (TPSA) is 16.1 Å². The Labute approximate surface area is 78.2 Å². The highest BCUT2D eigenvalue weighted by Gasteiger charge is 2.02. The zero-order valence-electron chi connectivity index (χ0n) is 7.64. The number of aromatic nitrogens is 1. The van der Waals surface area contributed by atoms with Gasteiger partial charge in [-0.2, -0.15) is 0 Å². The lowest BCUT2D eigenvalue weighted by molar-refractivity contribution is 1.05. The number of anilines is 1. The molecule has 0 spiro atoms. The first kappa shape index (κ1) is 8.05. The lowest BCUT2D eigenvalue weighted by atomic mass is 10.3. The van der Waals surface area contributed by atoms with E-state index >= 15 is 0 Å². The summed E-state index contributed by atoms with van der Waals surface area (Å²) in [4.78, 5) is 6.41. The van der Waals surface area contributed by atoms with Crippen molar-refractivity contribution in [3.63, 3.8) is 0 Å². The Morgan fingerprint density at radius 2 is 2.23 bits per heavy atom. The van der Waals surface area contributed by atoms with E-state index in [0.29, 0.717) is 0 Å². The van der Waals surface area contributed by atoms with E-state index in [9.17, 15) is 0 Å². The highest BCUT2D eigenvalue weighted by Crippen LogP contribution is 2.14. The predicted octanol–water partition coefficient (Wildman–Crippen LogP) is 2.28. The maximum atomic E-state index is 4.25. The van der Waals surface area contributed by atoms with Gasteiger partial charge in [0, 0.05) is 18.4 Å². The van der Waals surface area contributed by atoms with Crippen molar-refractivity contribution in [2.45, 2.75) is 6.92 Å². The summed E-state index contributed by atoms with van der Waals surface area (Å²) in [6, 6.07) is 4.12. The zero-order chi connectivity index (χ0) is 9.10. The molecule has 0 bridgehead atoms. The highest BCUT2D eigenvalue weighted by molar-refractivity contribution is 5.49. The fourth-order valence-corrected chi connectivity index (χ4v) is 1.29. The van der Waals surface area contributed by atoms with Crippen LogP contribution < -0.4 is 4.90 Å². The van der Waals surface area contributed by atoms with E-state index in [1.165, 1.54) is 0 Å². The first-order chi connectivity index (χ1) is 6.36. The van der Waals surface area contributed by atoms with Gasteiger partial charge in [-0.3, -0.25) is 4.98 Å². The first-order valence-corrected chi connectivity index (χ1v) is 4.39. The third-order valence-electron chi connectivity index (χ3n) is 2.04. The second-order valence-corrected chi connectivity index (χ2v) is 3.08. The standard InChI is InChI=1S/C11H12N2/c1-10-5-6-11(9-12-10)13-7-3-2-4-8-13/h2-7,9H,8H2,1H3. The maximum Gasteiger partial charge on any atom is 0.0595 e. The summed E-state index contributed by atoms with van der Waals surface area (Å²) in [7, 11) is 0. The molecule has 0 unspecified atom stereocenters. The van der Waals surface area contributed by atoms with Crippen molar-refractivity contribution in [1.82, 2.24) is 4.98 Å². The Kier molecular flexibility index (Phi) is 2.13. The number of hydrogen-bond donors (Lipinski definition) is 0. The monoisotopic (exact) mass is 172 g/mol. The SMILES string of the molecule is Cc1ccc(N2C=CC=CC2)cn1. The normalized spacial score (nSPS) is 15.0. The molecule has 0 amide bonds. The number of hydrogen-bond acceptors (Lipinski definition) is 2. The molecule has 2 rings (SSSR count). The third-order valence-corrected chi connectivity index (χ3v) is 2.04. The fourth-order valence-electron chi connectivity index (χ4n) is 1.29. The van der Waals surface area contributed by atoms with E-state index in [2.05, 4.69) is 34.3 Å². The third kappa shape index (κ3) is 1.78. The van der Waals surface area contributed by atoms with Crippen LogP contribution in [-0.4, -0.2) is 11.5 Å². The lowest BCUT2D eigenvalue weighted by Gasteiger charge is -2.19. The molecule has 66 valence electrons. The quantitative estimate of drug-likeness (QED) is 0.646. The molecule has 2 heterocycles. The molecule has 2 nitrogen and oxygen atoms in total. The Bertz CT molecular complexity index is 336. The lowest BCUT2D eigenvalue weighted by Crippen LogP contribution is -2.17. The second-order valence-electron chi connectivity index (χ2n) is 3.08. The molecular formula is C11H12N2. The zero-order valence-corrected chi connectivity index (χ0v) is 7.64. The molecule has 0 N–H and O–H groups in total. The molecule has 2 heteroatoms. The van der Waals surface area contributed by atoms with Crippen molar-refractivity contribution in [2.24, 2.45) is 0 Å². The van der Waals surface area contributed by atoms with Gasteiger partial charge in [0.25, 0.3) is 0 Å². The summed E-state index contributed by atoms with van der Waals surface area (Å²) in [6.45, 7) is 2.93. The summed E-state index contributed by atoms with van der Waals surface area (Å²) in [6.07, 6.45) is 10.2. The van der Waals surface area contributed by atoms with Gasteiger partial charge in [-0.15, -0.1) is 0 Å². The minimum atomic E-state index is 0.932. The number of aryl methyl sites for hydroxylation is 1. The van der Waals surface area contributed by atoms with Crippen molar-refractivity contribution >= 4 is 5.69 Å². The van der Waals surface area contributed by atoms with E-state index in [1.807, 2.05) is 25.3 Å². The van der Waals surface area contributed by atoms with E-state index < -0.39 is 0 Å². The summed E-state index contributed by atoms with van der Waals surface area (Å²) >= 11 is 0. The van der Waals surface area contributed by atoms with Crippen molar-refractivity contribution in [2.75, 3.05) is 11.4 Å². The van der Waals surface area contributed by atoms with Crippen molar-refractivity contribution < 1.29 is 0 Å². The summed E-state index contributed by atoms with van der Waals surface area (Å²) in [5.41, 5.74) is 2.20. The smallest absolute Gasteiger partial charge is 0.0595 e. The van der Waals surface area contributed by atoms with Crippen LogP contribution >= 0.6 is 0 Å². The minimum Gasteiger partial charge on any atom is -0.343 e.